The van der Waals surface area contributed by atoms with Crippen molar-refractivity contribution in [3.8, 4) is 11.1 Å². The van der Waals surface area contributed by atoms with E-state index in [1.54, 1.807) is 23.9 Å². The van der Waals surface area contributed by atoms with Crippen LogP contribution in [0.2, 0.25) is 0 Å². The number of carbonyl (C=O) groups excluding carboxylic acids is 1. The highest BCUT2D eigenvalue weighted by Crippen LogP contribution is 2.50. The smallest absolute Gasteiger partial charge is 0.224 e. The molecular weight excluding hydrogens is 421 g/mol. The second-order valence-electron chi connectivity index (χ2n) is 9.05. The van der Waals surface area contributed by atoms with Crippen molar-refractivity contribution >= 4 is 17.4 Å². The minimum absolute atomic E-state index is 0.0234. The number of aromatic nitrogens is 3. The summed E-state index contributed by atoms with van der Waals surface area (Å²) in [6.07, 6.45) is 7.14. The van der Waals surface area contributed by atoms with Crippen LogP contribution in [0, 0.1) is 17.7 Å². The van der Waals surface area contributed by atoms with Gasteiger partial charge in [0.05, 0.1) is 31.6 Å². The summed E-state index contributed by atoms with van der Waals surface area (Å²) in [7, 11) is 0. The molecule has 3 atom stereocenters. The molecule has 3 heterocycles. The molecule has 3 aromatic rings. The number of amides is 1. The Morgan fingerprint density at radius 2 is 2.03 bits per heavy atom. The van der Waals surface area contributed by atoms with E-state index in [0.29, 0.717) is 18.3 Å². The molecule has 1 aliphatic heterocycles. The fourth-order valence-electron chi connectivity index (χ4n) is 5.10. The van der Waals surface area contributed by atoms with Gasteiger partial charge in [0.1, 0.15) is 11.6 Å². The minimum Gasteiger partial charge on any atom is -0.394 e. The number of fused-ring (bicyclic) bond motifs is 1. The third-order valence-corrected chi connectivity index (χ3v) is 6.76. The second kappa shape index (κ2) is 8.59. The summed E-state index contributed by atoms with van der Waals surface area (Å²) in [6, 6.07) is 9.19. The van der Waals surface area contributed by atoms with Gasteiger partial charge < -0.3 is 15.3 Å². The van der Waals surface area contributed by atoms with Gasteiger partial charge in [-0.2, -0.15) is 5.10 Å². The molecule has 1 aromatic carbocycles. The van der Waals surface area contributed by atoms with E-state index in [9.17, 15) is 14.3 Å². The number of nitrogens with zero attached hydrogens (tertiary/aromatic N) is 4. The molecule has 1 aliphatic carbocycles. The number of benzene rings is 1. The zero-order valence-corrected chi connectivity index (χ0v) is 18.8. The van der Waals surface area contributed by atoms with E-state index in [1.807, 2.05) is 23.2 Å². The van der Waals surface area contributed by atoms with E-state index in [0.717, 1.165) is 35.2 Å². The van der Waals surface area contributed by atoms with Crippen molar-refractivity contribution in [1.82, 2.24) is 14.8 Å². The van der Waals surface area contributed by atoms with E-state index in [-0.39, 0.29) is 36.3 Å². The van der Waals surface area contributed by atoms with Crippen LogP contribution in [0.15, 0.2) is 48.9 Å². The standard InChI is InChI=1S/C25H28FN5O2/c1-15-24(29-23-8-6-20(26)13-27-23)21-11-18(19-12-28-30(14-19)9-10-32)5-7-22(21)31(16(2)33)25(15)17-3-4-17/h5-8,11-15,17,24-25,32H,3-4,9-10H2,1-2H3,(H,27,29)/t15-,24-,25-/m1/s1. The molecule has 0 radical (unpaired) electrons. The summed E-state index contributed by atoms with van der Waals surface area (Å²) < 4.78 is 15.1. The molecular formula is C25H28FN5O2. The van der Waals surface area contributed by atoms with E-state index in [1.165, 1.54) is 12.3 Å². The zero-order chi connectivity index (χ0) is 23.1. The fourth-order valence-corrected chi connectivity index (χ4v) is 5.10. The van der Waals surface area contributed by atoms with Gasteiger partial charge in [-0.1, -0.05) is 13.0 Å². The third-order valence-electron chi connectivity index (χ3n) is 6.76. The van der Waals surface area contributed by atoms with Crippen LogP contribution in [0.25, 0.3) is 11.1 Å². The number of aliphatic hydroxyl groups excluding tert-OH is 1. The Labute approximate surface area is 192 Å². The van der Waals surface area contributed by atoms with Gasteiger partial charge >= 0.3 is 0 Å². The molecule has 33 heavy (non-hydrogen) atoms. The molecule has 2 aromatic heterocycles. The summed E-state index contributed by atoms with van der Waals surface area (Å²) in [6.45, 7) is 4.27. The first-order chi connectivity index (χ1) is 16.0. The predicted octanol–water partition coefficient (Wildman–Crippen LogP) is 4.01. The lowest BCUT2D eigenvalue weighted by atomic mass is 9.79. The van der Waals surface area contributed by atoms with Crippen LogP contribution >= 0.6 is 0 Å². The molecule has 1 amide bonds. The van der Waals surface area contributed by atoms with Gasteiger partial charge in [0.15, 0.2) is 0 Å². The largest absolute Gasteiger partial charge is 0.394 e. The average Bonchev–Trinajstić information content (AvgIpc) is 3.53. The fraction of sp³-hybridized carbons (Fsp3) is 0.400. The third kappa shape index (κ3) is 4.11. The number of hydrogen-bond acceptors (Lipinski definition) is 5. The number of pyridine rings is 1. The maximum absolute atomic E-state index is 13.4. The van der Waals surface area contributed by atoms with Crippen LogP contribution < -0.4 is 10.2 Å². The van der Waals surface area contributed by atoms with Gasteiger partial charge in [0.2, 0.25) is 5.91 Å². The maximum Gasteiger partial charge on any atom is 0.224 e. The topological polar surface area (TPSA) is 83.3 Å². The highest BCUT2D eigenvalue weighted by molar-refractivity contribution is 5.94. The van der Waals surface area contributed by atoms with Crippen LogP contribution in [-0.2, 0) is 11.3 Å². The first-order valence-corrected chi connectivity index (χ1v) is 11.4. The average molecular weight is 450 g/mol. The van der Waals surface area contributed by atoms with Crippen molar-refractivity contribution in [3.63, 3.8) is 0 Å². The highest BCUT2D eigenvalue weighted by Gasteiger charge is 2.47. The number of carbonyl (C=O) groups is 1. The number of halogens is 1. The molecule has 1 saturated carbocycles. The number of nitrogens with one attached hydrogen (secondary N) is 1. The van der Waals surface area contributed by atoms with Crippen molar-refractivity contribution < 1.29 is 14.3 Å². The Kier molecular flexibility index (Phi) is 5.62. The van der Waals surface area contributed by atoms with E-state index in [4.69, 9.17) is 0 Å². The summed E-state index contributed by atoms with van der Waals surface area (Å²) in [4.78, 5) is 19.0. The van der Waals surface area contributed by atoms with E-state index >= 15 is 0 Å². The quantitative estimate of drug-likeness (QED) is 0.594. The molecule has 2 aliphatic rings. The Morgan fingerprint density at radius 3 is 2.70 bits per heavy atom. The minimum atomic E-state index is -0.376. The molecule has 0 spiro atoms. The van der Waals surface area contributed by atoms with E-state index in [2.05, 4.69) is 28.4 Å². The SMILES string of the molecule is CC(=O)N1c2ccc(-c3cnn(CCO)c3)cc2[C@H](Nc2ccc(F)cn2)[C@@H](C)[C@@H]1C1CC1. The lowest BCUT2D eigenvalue weighted by Crippen LogP contribution is -2.51. The van der Waals surface area contributed by atoms with Crippen molar-refractivity contribution in [2.75, 3.05) is 16.8 Å². The number of aliphatic hydroxyl groups is 1. The van der Waals surface area contributed by atoms with Crippen LogP contribution in [0.5, 0.6) is 0 Å². The van der Waals surface area contributed by atoms with Crippen LogP contribution in [0.4, 0.5) is 15.9 Å². The first kappa shape index (κ1) is 21.6. The molecule has 0 bridgehead atoms. The second-order valence-corrected chi connectivity index (χ2v) is 9.05. The lowest BCUT2D eigenvalue weighted by molar-refractivity contribution is -0.117. The van der Waals surface area contributed by atoms with Crippen molar-refractivity contribution in [3.05, 3.63) is 60.3 Å². The number of anilines is 2. The van der Waals surface area contributed by atoms with Gasteiger partial charge in [-0.3, -0.25) is 9.48 Å². The normalized spacial score (nSPS) is 22.2. The van der Waals surface area contributed by atoms with Crippen molar-refractivity contribution in [1.29, 1.82) is 0 Å². The molecule has 2 N–H and O–H groups in total. The van der Waals surface area contributed by atoms with Crippen LogP contribution in [0.3, 0.4) is 0 Å². The number of rotatable bonds is 6. The molecule has 0 unspecified atom stereocenters. The highest BCUT2D eigenvalue weighted by atomic mass is 19.1. The first-order valence-electron chi connectivity index (χ1n) is 11.4. The maximum atomic E-state index is 13.4. The zero-order valence-electron chi connectivity index (χ0n) is 18.8. The van der Waals surface area contributed by atoms with Gasteiger partial charge in [0, 0.05) is 36.3 Å². The Hall–Kier alpha value is -3.26. The summed E-state index contributed by atoms with van der Waals surface area (Å²) in [5.41, 5.74) is 3.84. The summed E-state index contributed by atoms with van der Waals surface area (Å²) >= 11 is 0. The van der Waals surface area contributed by atoms with Crippen LogP contribution in [-0.4, -0.2) is 38.4 Å². The number of hydrogen-bond donors (Lipinski definition) is 2. The van der Waals surface area contributed by atoms with Gasteiger partial charge in [-0.25, -0.2) is 9.37 Å². The summed E-state index contributed by atoms with van der Waals surface area (Å²) in [5.74, 6) is 0.888. The van der Waals surface area contributed by atoms with E-state index < -0.39 is 0 Å². The molecule has 172 valence electrons. The predicted molar refractivity (Wildman–Crippen MR) is 124 cm³/mol. The monoisotopic (exact) mass is 449 g/mol. The molecule has 7 nitrogen and oxygen atoms in total. The Balaban J connectivity index is 1.59. The molecule has 0 saturated heterocycles. The molecule has 1 fully saturated rings. The van der Waals surface area contributed by atoms with Gasteiger partial charge in [-0.05, 0) is 54.2 Å². The van der Waals surface area contributed by atoms with Crippen molar-refractivity contribution in [2.24, 2.45) is 11.8 Å². The molecule has 8 heteroatoms. The Bertz CT molecular complexity index is 1160. The Morgan fingerprint density at radius 1 is 1.21 bits per heavy atom. The van der Waals surface area contributed by atoms with Crippen molar-refractivity contribution in [2.45, 2.75) is 45.3 Å². The van der Waals surface area contributed by atoms with Gasteiger partial charge in [-0.15, -0.1) is 0 Å². The van der Waals surface area contributed by atoms with Gasteiger partial charge in [0.25, 0.3) is 0 Å². The lowest BCUT2D eigenvalue weighted by Gasteiger charge is -2.46. The summed E-state index contributed by atoms with van der Waals surface area (Å²) in [5, 5.41) is 17.0. The van der Waals surface area contributed by atoms with Crippen LogP contribution in [0.1, 0.15) is 38.3 Å². The molecule has 5 rings (SSSR count).